The first kappa shape index (κ1) is 20.2. The number of nitrogens with one attached hydrogen (secondary N) is 2. The number of benzene rings is 3. The molecule has 1 atom stereocenters. The Hall–Kier alpha value is -2.50. The Morgan fingerprint density at radius 2 is 1.75 bits per heavy atom. The summed E-state index contributed by atoms with van der Waals surface area (Å²) >= 11 is 1.56. The van der Waals surface area contributed by atoms with Gasteiger partial charge < -0.3 is 15.0 Å². The van der Waals surface area contributed by atoms with Crippen LogP contribution in [-0.4, -0.2) is 39.4 Å². The first-order chi connectivity index (χ1) is 13.6. The van der Waals surface area contributed by atoms with E-state index in [1.807, 2.05) is 30.3 Å². The Morgan fingerprint density at radius 1 is 1.04 bits per heavy atom. The van der Waals surface area contributed by atoms with E-state index in [1.165, 1.54) is 15.7 Å². The second-order valence-electron chi connectivity index (χ2n) is 6.97. The lowest BCUT2D eigenvalue weighted by Gasteiger charge is -2.23. The Balaban J connectivity index is 1.58. The molecular formula is C23H27N2O2S+. The highest BCUT2D eigenvalue weighted by atomic mass is 32.2. The van der Waals surface area contributed by atoms with Crippen LogP contribution in [0.2, 0.25) is 0 Å². The van der Waals surface area contributed by atoms with Crippen LogP contribution in [0.15, 0.2) is 71.6 Å². The molecule has 0 aliphatic rings. The fraction of sp³-hybridized carbons (Fsp3) is 0.261. The van der Waals surface area contributed by atoms with Gasteiger partial charge in [-0.25, -0.2) is 0 Å². The molecule has 2 N–H and O–H groups in total. The van der Waals surface area contributed by atoms with Crippen molar-refractivity contribution in [3.8, 4) is 5.75 Å². The number of quaternary nitrogens is 1. The maximum absolute atomic E-state index is 12.4. The summed E-state index contributed by atoms with van der Waals surface area (Å²) < 4.78 is 5.49. The van der Waals surface area contributed by atoms with Gasteiger partial charge in [-0.05, 0) is 35.0 Å². The highest BCUT2D eigenvalue weighted by Crippen LogP contribution is 2.24. The molecule has 0 radical (unpaired) electrons. The normalized spacial score (nSPS) is 12.1. The van der Waals surface area contributed by atoms with Crippen LogP contribution in [0.5, 0.6) is 5.75 Å². The second-order valence-corrected chi connectivity index (χ2v) is 8.02. The lowest BCUT2D eigenvalue weighted by atomic mass is 10.0. The molecule has 3 aromatic carbocycles. The van der Waals surface area contributed by atoms with E-state index in [0.29, 0.717) is 12.3 Å². The van der Waals surface area contributed by atoms with Crippen molar-refractivity contribution >= 4 is 28.4 Å². The van der Waals surface area contributed by atoms with E-state index in [2.05, 4.69) is 55.8 Å². The van der Waals surface area contributed by atoms with Crippen molar-refractivity contribution in [1.82, 2.24) is 5.32 Å². The first-order valence-electron chi connectivity index (χ1n) is 9.39. The van der Waals surface area contributed by atoms with Gasteiger partial charge in [-0.1, -0.05) is 42.5 Å². The number of carbonyl (C=O) groups is 1. The largest absolute Gasteiger partial charge is 0.496 e. The van der Waals surface area contributed by atoms with Crippen molar-refractivity contribution in [2.24, 2.45) is 0 Å². The lowest BCUT2D eigenvalue weighted by molar-refractivity contribution is -0.890. The van der Waals surface area contributed by atoms with E-state index >= 15 is 0 Å². The molecule has 0 aromatic heterocycles. The number of thioether (sulfide) groups is 1. The van der Waals surface area contributed by atoms with Crippen molar-refractivity contribution in [1.29, 1.82) is 0 Å². The molecule has 0 fully saturated rings. The molecule has 0 saturated heterocycles. The predicted octanol–water partition coefficient (Wildman–Crippen LogP) is 2.94. The average Bonchev–Trinajstić information content (AvgIpc) is 2.72. The number of amides is 1. The molecule has 4 nitrogen and oxygen atoms in total. The van der Waals surface area contributed by atoms with Gasteiger partial charge in [0.25, 0.3) is 0 Å². The van der Waals surface area contributed by atoms with Crippen LogP contribution in [0, 0.1) is 0 Å². The Kier molecular flexibility index (Phi) is 6.95. The SMILES string of the molecule is COc1ccccc1[C@@H](CNC(=O)CSc1ccc2ccccc2c1)[NH+](C)C. The molecule has 0 heterocycles. The summed E-state index contributed by atoms with van der Waals surface area (Å²) in [5, 5.41) is 5.49. The minimum atomic E-state index is 0.0410. The van der Waals surface area contributed by atoms with Crippen LogP contribution >= 0.6 is 11.8 Å². The summed E-state index contributed by atoms with van der Waals surface area (Å²) in [7, 11) is 5.86. The fourth-order valence-corrected chi connectivity index (χ4v) is 4.03. The highest BCUT2D eigenvalue weighted by molar-refractivity contribution is 8.00. The van der Waals surface area contributed by atoms with Gasteiger partial charge in [-0.3, -0.25) is 4.79 Å². The van der Waals surface area contributed by atoms with Gasteiger partial charge in [0.05, 0.1) is 39.1 Å². The number of carbonyl (C=O) groups excluding carboxylic acids is 1. The highest BCUT2D eigenvalue weighted by Gasteiger charge is 2.22. The summed E-state index contributed by atoms with van der Waals surface area (Å²) in [5.74, 6) is 1.30. The quantitative estimate of drug-likeness (QED) is 0.577. The predicted molar refractivity (Wildman–Crippen MR) is 116 cm³/mol. The minimum Gasteiger partial charge on any atom is -0.496 e. The van der Waals surface area contributed by atoms with Gasteiger partial charge in [0.1, 0.15) is 11.8 Å². The van der Waals surface area contributed by atoms with Gasteiger partial charge in [-0.2, -0.15) is 0 Å². The number of para-hydroxylation sites is 1. The number of likely N-dealkylation sites (N-methyl/N-ethyl adjacent to an activating group) is 1. The average molecular weight is 396 g/mol. The number of hydrogen-bond acceptors (Lipinski definition) is 3. The molecule has 3 rings (SSSR count). The zero-order valence-corrected chi connectivity index (χ0v) is 17.4. The fourth-order valence-electron chi connectivity index (χ4n) is 3.25. The molecule has 0 bridgehead atoms. The molecule has 0 aliphatic heterocycles. The number of hydrogen-bond donors (Lipinski definition) is 2. The molecular weight excluding hydrogens is 368 g/mol. The molecule has 146 valence electrons. The van der Waals surface area contributed by atoms with Gasteiger partial charge in [-0.15, -0.1) is 11.8 Å². The van der Waals surface area contributed by atoms with Gasteiger partial charge >= 0.3 is 0 Å². The van der Waals surface area contributed by atoms with Crippen LogP contribution in [0.25, 0.3) is 10.8 Å². The zero-order valence-electron chi connectivity index (χ0n) is 16.6. The standard InChI is InChI=1S/C23H26N2O2S/c1-25(2)21(20-10-6-7-11-22(20)27-3)15-24-23(26)16-28-19-13-12-17-8-4-5-9-18(17)14-19/h4-14,21H,15-16H2,1-3H3,(H,24,26)/p+1/t21-/m1/s1. The summed E-state index contributed by atoms with van der Waals surface area (Å²) in [6.45, 7) is 0.569. The summed E-state index contributed by atoms with van der Waals surface area (Å²) in [4.78, 5) is 14.8. The summed E-state index contributed by atoms with van der Waals surface area (Å²) in [6.07, 6.45) is 0. The topological polar surface area (TPSA) is 42.8 Å². The van der Waals surface area contributed by atoms with E-state index in [-0.39, 0.29) is 11.9 Å². The van der Waals surface area contributed by atoms with Crippen LogP contribution < -0.4 is 15.0 Å². The van der Waals surface area contributed by atoms with Gasteiger partial charge in [0, 0.05) is 4.90 Å². The van der Waals surface area contributed by atoms with E-state index in [9.17, 15) is 4.79 Å². The van der Waals surface area contributed by atoms with Gasteiger partial charge in [0.15, 0.2) is 0 Å². The molecule has 28 heavy (non-hydrogen) atoms. The van der Waals surface area contributed by atoms with Crippen molar-refractivity contribution in [2.45, 2.75) is 10.9 Å². The minimum absolute atomic E-state index is 0.0410. The summed E-state index contributed by atoms with van der Waals surface area (Å²) in [6, 6.07) is 22.7. The van der Waals surface area contributed by atoms with Crippen LogP contribution in [0.1, 0.15) is 11.6 Å². The Bertz CT molecular complexity index is 943. The third kappa shape index (κ3) is 5.06. The molecule has 0 unspecified atom stereocenters. The van der Waals surface area contributed by atoms with E-state index < -0.39 is 0 Å². The molecule has 3 aromatic rings. The molecule has 0 saturated carbocycles. The third-order valence-corrected chi connectivity index (χ3v) is 5.80. The van der Waals surface area contributed by atoms with Crippen LogP contribution in [0.3, 0.4) is 0 Å². The zero-order chi connectivity index (χ0) is 19.9. The van der Waals surface area contributed by atoms with Crippen molar-refractivity contribution in [3.05, 3.63) is 72.3 Å². The molecule has 0 aliphatic carbocycles. The van der Waals surface area contributed by atoms with Gasteiger partial charge in [0.2, 0.25) is 5.91 Å². The van der Waals surface area contributed by atoms with Crippen molar-refractivity contribution in [3.63, 3.8) is 0 Å². The lowest BCUT2D eigenvalue weighted by Crippen LogP contribution is -3.07. The molecule has 1 amide bonds. The molecule has 5 heteroatoms. The maximum atomic E-state index is 12.4. The number of rotatable bonds is 8. The monoisotopic (exact) mass is 395 g/mol. The second kappa shape index (κ2) is 9.62. The van der Waals surface area contributed by atoms with E-state index in [0.717, 1.165) is 16.2 Å². The van der Waals surface area contributed by atoms with Crippen LogP contribution in [0.4, 0.5) is 0 Å². The Labute approximate surface area is 170 Å². The number of fused-ring (bicyclic) bond motifs is 1. The first-order valence-corrected chi connectivity index (χ1v) is 10.4. The van der Waals surface area contributed by atoms with Crippen molar-refractivity contribution in [2.75, 3.05) is 33.5 Å². The Morgan fingerprint density at radius 3 is 2.50 bits per heavy atom. The van der Waals surface area contributed by atoms with Crippen LogP contribution in [-0.2, 0) is 4.79 Å². The maximum Gasteiger partial charge on any atom is 0.230 e. The number of methoxy groups -OCH3 is 1. The smallest absolute Gasteiger partial charge is 0.230 e. The van der Waals surface area contributed by atoms with E-state index in [1.54, 1.807) is 18.9 Å². The third-order valence-electron chi connectivity index (χ3n) is 4.81. The molecule has 0 spiro atoms. The van der Waals surface area contributed by atoms with E-state index in [4.69, 9.17) is 4.74 Å². The summed E-state index contributed by atoms with van der Waals surface area (Å²) in [5.41, 5.74) is 1.10. The van der Waals surface area contributed by atoms with Crippen molar-refractivity contribution < 1.29 is 14.4 Å². The number of ether oxygens (including phenoxy) is 1.